The molecule has 7 nitrogen and oxygen atoms in total. The summed E-state index contributed by atoms with van der Waals surface area (Å²) < 4.78 is 38.3. The van der Waals surface area contributed by atoms with Gasteiger partial charge < -0.3 is 9.47 Å². The Bertz CT molecular complexity index is 1400. The van der Waals surface area contributed by atoms with E-state index in [9.17, 15) is 8.42 Å². The van der Waals surface area contributed by atoms with Gasteiger partial charge in [-0.3, -0.25) is 9.55 Å². The first kappa shape index (κ1) is 25.1. The first-order valence-corrected chi connectivity index (χ1v) is 17.0. The van der Waals surface area contributed by atoms with Crippen molar-refractivity contribution in [3.63, 3.8) is 0 Å². The summed E-state index contributed by atoms with van der Waals surface area (Å²) in [6.45, 7) is 9.68. The third-order valence-electron chi connectivity index (χ3n) is 5.63. The highest BCUT2D eigenvalue weighted by atomic mass is 32.2. The second kappa shape index (κ2) is 10.3. The Morgan fingerprint density at radius 1 is 0.971 bits per heavy atom. The fourth-order valence-electron chi connectivity index (χ4n) is 3.54. The van der Waals surface area contributed by atoms with Gasteiger partial charge >= 0.3 is 0 Å². The fraction of sp³-hybridized carbons (Fsp3) is 0.308. The predicted octanol–water partition coefficient (Wildman–Crippen LogP) is 6.00. The number of aromatic nitrogens is 3. The number of benzene rings is 2. The molecule has 35 heavy (non-hydrogen) atoms. The van der Waals surface area contributed by atoms with E-state index in [1.54, 1.807) is 37.4 Å². The molecule has 0 radical (unpaired) electrons. The molecule has 4 rings (SSSR count). The number of fused-ring (bicyclic) bond motifs is 1. The first-order valence-electron chi connectivity index (χ1n) is 11.7. The highest BCUT2D eigenvalue weighted by Gasteiger charge is 2.17. The highest BCUT2D eigenvalue weighted by Crippen LogP contribution is 2.30. The minimum atomic E-state index is -3.25. The van der Waals surface area contributed by atoms with Crippen LogP contribution in [0.1, 0.15) is 6.92 Å². The van der Waals surface area contributed by atoms with Crippen molar-refractivity contribution in [2.75, 3.05) is 12.4 Å². The van der Waals surface area contributed by atoms with Crippen molar-refractivity contribution < 1.29 is 17.9 Å². The molecule has 184 valence electrons. The average Bonchev–Trinajstić information content (AvgIpc) is 3.20. The average molecular weight is 510 g/mol. The molecule has 0 fully saturated rings. The van der Waals surface area contributed by atoms with Crippen LogP contribution in [0.25, 0.3) is 22.6 Å². The zero-order valence-corrected chi connectivity index (χ0v) is 22.4. The minimum absolute atomic E-state index is 0.0620. The number of pyridine rings is 1. The second-order valence-electron chi connectivity index (χ2n) is 9.55. The van der Waals surface area contributed by atoms with Crippen molar-refractivity contribution in [1.82, 2.24) is 14.5 Å². The van der Waals surface area contributed by atoms with Crippen LogP contribution in [0.5, 0.6) is 11.5 Å². The number of ether oxygens (including phenoxy) is 2. The first-order chi connectivity index (χ1) is 16.7. The normalized spacial score (nSPS) is 12.2. The standard InChI is InChI=1S/C26H31N3O4SSi/c1-5-34(30,31)22-12-9-20(10-13-22)33-21-11-14-23-25(18-21)29(19-32-16-17-35(2,3)4)26(28-23)24-8-6-7-15-27-24/h6-15,18H,5,16-17,19H2,1-4H3. The van der Waals surface area contributed by atoms with Crippen molar-refractivity contribution in [3.05, 3.63) is 66.9 Å². The van der Waals surface area contributed by atoms with Crippen LogP contribution in [0.4, 0.5) is 0 Å². The van der Waals surface area contributed by atoms with E-state index in [4.69, 9.17) is 14.5 Å². The maximum atomic E-state index is 12.1. The third kappa shape index (κ3) is 6.16. The van der Waals surface area contributed by atoms with Gasteiger partial charge in [-0.15, -0.1) is 0 Å². The number of rotatable bonds is 10. The number of sulfone groups is 1. The molecule has 0 N–H and O–H groups in total. The lowest BCUT2D eigenvalue weighted by Gasteiger charge is -2.16. The number of imidazole rings is 1. The monoisotopic (exact) mass is 509 g/mol. The zero-order valence-electron chi connectivity index (χ0n) is 20.6. The molecule has 0 bridgehead atoms. The zero-order chi connectivity index (χ0) is 25.1. The Hall–Kier alpha value is -3.01. The summed E-state index contributed by atoms with van der Waals surface area (Å²) in [6, 6.07) is 19.0. The molecule has 9 heteroatoms. The van der Waals surface area contributed by atoms with Crippen molar-refractivity contribution in [3.8, 4) is 23.0 Å². The molecule has 2 aromatic carbocycles. The summed E-state index contributed by atoms with van der Waals surface area (Å²) in [5.41, 5.74) is 2.46. The summed E-state index contributed by atoms with van der Waals surface area (Å²) in [4.78, 5) is 9.59. The molecule has 2 aromatic heterocycles. The van der Waals surface area contributed by atoms with Gasteiger partial charge in [0, 0.05) is 26.9 Å². The van der Waals surface area contributed by atoms with Crippen LogP contribution in [0.3, 0.4) is 0 Å². The molecule has 0 aliphatic carbocycles. The Labute approximate surface area is 207 Å². The van der Waals surface area contributed by atoms with Crippen LogP contribution in [-0.2, 0) is 21.3 Å². The van der Waals surface area contributed by atoms with E-state index in [-0.39, 0.29) is 10.6 Å². The van der Waals surface area contributed by atoms with Crippen molar-refractivity contribution >= 4 is 28.9 Å². The highest BCUT2D eigenvalue weighted by molar-refractivity contribution is 7.91. The van der Waals surface area contributed by atoms with Gasteiger partial charge in [-0.1, -0.05) is 32.6 Å². The van der Waals surface area contributed by atoms with Gasteiger partial charge in [-0.2, -0.15) is 0 Å². The number of hydrogen-bond acceptors (Lipinski definition) is 6. The van der Waals surface area contributed by atoms with E-state index in [2.05, 4.69) is 24.6 Å². The Morgan fingerprint density at radius 3 is 2.37 bits per heavy atom. The van der Waals surface area contributed by atoms with Gasteiger partial charge in [0.2, 0.25) is 0 Å². The molecule has 4 aromatic rings. The maximum Gasteiger partial charge on any atom is 0.178 e. The maximum absolute atomic E-state index is 12.1. The fourth-order valence-corrected chi connectivity index (χ4v) is 5.18. The molecule has 0 unspecified atom stereocenters. The summed E-state index contributed by atoms with van der Waals surface area (Å²) in [6.07, 6.45) is 1.75. The molecule has 0 amide bonds. The number of hydrogen-bond donors (Lipinski definition) is 0. The van der Waals surface area contributed by atoms with E-state index in [1.807, 2.05) is 41.0 Å². The van der Waals surface area contributed by atoms with Gasteiger partial charge in [0.25, 0.3) is 0 Å². The van der Waals surface area contributed by atoms with Gasteiger partial charge in [0.05, 0.1) is 21.7 Å². The molecule has 0 spiro atoms. The lowest BCUT2D eigenvalue weighted by Crippen LogP contribution is -2.22. The van der Waals surface area contributed by atoms with Crippen LogP contribution >= 0.6 is 0 Å². The Balaban J connectivity index is 1.63. The summed E-state index contributed by atoms with van der Waals surface area (Å²) in [5.74, 6) is 1.98. The van der Waals surface area contributed by atoms with E-state index in [1.165, 1.54) is 0 Å². The molecule has 0 atom stereocenters. The topological polar surface area (TPSA) is 83.3 Å². The predicted molar refractivity (Wildman–Crippen MR) is 141 cm³/mol. The van der Waals surface area contributed by atoms with Crippen LogP contribution in [0, 0.1) is 0 Å². The summed E-state index contributed by atoms with van der Waals surface area (Å²) in [7, 11) is -4.45. The van der Waals surface area contributed by atoms with Gasteiger partial charge in [-0.25, -0.2) is 13.4 Å². The van der Waals surface area contributed by atoms with Crippen LogP contribution in [0.2, 0.25) is 25.7 Å². The smallest absolute Gasteiger partial charge is 0.178 e. The quantitative estimate of drug-likeness (QED) is 0.193. The van der Waals surface area contributed by atoms with Crippen LogP contribution in [0.15, 0.2) is 71.8 Å². The Kier molecular flexibility index (Phi) is 7.39. The molecule has 2 heterocycles. The van der Waals surface area contributed by atoms with Gasteiger partial charge in [0.15, 0.2) is 15.7 Å². The van der Waals surface area contributed by atoms with Gasteiger partial charge in [0.1, 0.15) is 23.9 Å². The van der Waals surface area contributed by atoms with E-state index in [0.29, 0.717) is 24.8 Å². The molecule has 0 saturated heterocycles. The third-order valence-corrected chi connectivity index (χ3v) is 9.08. The molecular weight excluding hydrogens is 478 g/mol. The van der Waals surface area contributed by atoms with Crippen LogP contribution < -0.4 is 4.74 Å². The van der Waals surface area contributed by atoms with Crippen molar-refractivity contribution in [2.45, 2.75) is 44.2 Å². The van der Waals surface area contributed by atoms with Gasteiger partial charge in [-0.05, 0) is 54.6 Å². The van der Waals surface area contributed by atoms with Crippen molar-refractivity contribution in [1.29, 1.82) is 0 Å². The van der Waals surface area contributed by atoms with Crippen LogP contribution in [-0.4, -0.2) is 43.4 Å². The second-order valence-corrected chi connectivity index (χ2v) is 17.5. The number of nitrogens with zero attached hydrogens (tertiary/aromatic N) is 3. The molecule has 0 aliphatic heterocycles. The van der Waals surface area contributed by atoms with E-state index >= 15 is 0 Å². The summed E-state index contributed by atoms with van der Waals surface area (Å²) >= 11 is 0. The lowest BCUT2D eigenvalue weighted by atomic mass is 10.3. The minimum Gasteiger partial charge on any atom is -0.457 e. The lowest BCUT2D eigenvalue weighted by molar-refractivity contribution is 0.0909. The molecule has 0 saturated carbocycles. The molecule has 0 aliphatic rings. The van der Waals surface area contributed by atoms with E-state index < -0.39 is 17.9 Å². The molecular formula is C26H31N3O4SSi. The van der Waals surface area contributed by atoms with E-state index in [0.717, 1.165) is 28.6 Å². The SMILES string of the molecule is CCS(=O)(=O)c1ccc(Oc2ccc3nc(-c4ccccn4)n(COCC[Si](C)(C)C)c3c2)cc1. The summed E-state index contributed by atoms with van der Waals surface area (Å²) in [5, 5.41) is 0. The largest absolute Gasteiger partial charge is 0.457 e. The van der Waals surface area contributed by atoms with Crippen molar-refractivity contribution in [2.24, 2.45) is 0 Å². The Morgan fingerprint density at radius 2 is 1.71 bits per heavy atom.